The highest BCUT2D eigenvalue weighted by Crippen LogP contribution is 2.21. The van der Waals surface area contributed by atoms with Crippen LogP contribution in [0.3, 0.4) is 0 Å². The summed E-state index contributed by atoms with van der Waals surface area (Å²) in [4.78, 5) is 3.81. The summed E-state index contributed by atoms with van der Waals surface area (Å²) in [5, 5.41) is 5.00. The summed E-state index contributed by atoms with van der Waals surface area (Å²) in [6.07, 6.45) is 0. The standard InChI is InChI=1S/C8H13BrN4S2/c1-11-8(10)12-2-3-14-5-7-6(9)4-15-13-7/h4H,2-3,5H2,1H3,(H3,10,11,12). The molecular weight excluding hydrogens is 296 g/mol. The molecule has 1 aromatic heterocycles. The Morgan fingerprint density at radius 1 is 1.80 bits per heavy atom. The first-order chi connectivity index (χ1) is 7.24. The number of hydrogen-bond acceptors (Lipinski definition) is 4. The number of hydrogen-bond donors (Lipinski definition) is 2. The van der Waals surface area contributed by atoms with Crippen molar-refractivity contribution in [3.05, 3.63) is 15.5 Å². The van der Waals surface area contributed by atoms with Gasteiger partial charge >= 0.3 is 0 Å². The van der Waals surface area contributed by atoms with Gasteiger partial charge in [-0.2, -0.15) is 16.1 Å². The van der Waals surface area contributed by atoms with Crippen molar-refractivity contribution in [2.75, 3.05) is 19.3 Å². The fraction of sp³-hybridized carbons (Fsp3) is 0.500. The number of aromatic nitrogens is 1. The number of nitrogens with one attached hydrogen (secondary N) is 1. The van der Waals surface area contributed by atoms with Crippen LogP contribution in [0.25, 0.3) is 0 Å². The number of rotatable bonds is 5. The van der Waals surface area contributed by atoms with Crippen LogP contribution in [0.15, 0.2) is 14.8 Å². The summed E-state index contributed by atoms with van der Waals surface area (Å²) in [6.45, 7) is 0.829. The van der Waals surface area contributed by atoms with Crippen LogP contribution in [0.2, 0.25) is 0 Å². The molecule has 84 valence electrons. The number of aliphatic imine (C=N–C) groups is 1. The van der Waals surface area contributed by atoms with E-state index < -0.39 is 0 Å². The molecule has 0 aliphatic rings. The Kier molecular flexibility index (Phi) is 6.04. The Hall–Kier alpha value is -0.270. The maximum Gasteiger partial charge on any atom is 0.188 e. The Bertz CT molecular complexity index is 326. The average Bonchev–Trinajstić information content (AvgIpc) is 2.63. The van der Waals surface area contributed by atoms with E-state index >= 15 is 0 Å². The van der Waals surface area contributed by atoms with Crippen LogP contribution in [-0.2, 0) is 5.75 Å². The van der Waals surface area contributed by atoms with E-state index in [1.54, 1.807) is 7.05 Å². The molecule has 3 N–H and O–H groups in total. The molecule has 0 amide bonds. The van der Waals surface area contributed by atoms with Crippen LogP contribution in [0.1, 0.15) is 5.69 Å². The fourth-order valence-electron chi connectivity index (χ4n) is 0.842. The van der Waals surface area contributed by atoms with Crippen molar-refractivity contribution in [1.82, 2.24) is 9.69 Å². The van der Waals surface area contributed by atoms with Crippen LogP contribution in [0, 0.1) is 0 Å². The van der Waals surface area contributed by atoms with Crippen molar-refractivity contribution in [3.8, 4) is 0 Å². The summed E-state index contributed by atoms with van der Waals surface area (Å²) in [7, 11) is 1.67. The zero-order chi connectivity index (χ0) is 11.1. The lowest BCUT2D eigenvalue weighted by atomic mass is 10.5. The molecular formula is C8H13BrN4S2. The molecule has 0 unspecified atom stereocenters. The second kappa shape index (κ2) is 7.08. The molecule has 15 heavy (non-hydrogen) atoms. The second-order valence-corrected chi connectivity index (χ2v) is 5.29. The van der Waals surface area contributed by atoms with E-state index in [2.05, 4.69) is 30.6 Å². The van der Waals surface area contributed by atoms with Crippen molar-refractivity contribution < 1.29 is 0 Å². The zero-order valence-electron chi connectivity index (χ0n) is 8.36. The van der Waals surface area contributed by atoms with Gasteiger partial charge in [-0.3, -0.25) is 4.99 Å². The maximum atomic E-state index is 5.49. The Balaban J connectivity index is 2.10. The minimum absolute atomic E-state index is 0.491. The molecule has 7 heteroatoms. The monoisotopic (exact) mass is 308 g/mol. The minimum atomic E-state index is 0.491. The molecule has 0 aliphatic heterocycles. The van der Waals surface area contributed by atoms with Gasteiger partial charge in [0.05, 0.1) is 10.2 Å². The number of nitrogens with zero attached hydrogens (tertiary/aromatic N) is 2. The van der Waals surface area contributed by atoms with Gasteiger partial charge in [0, 0.05) is 30.5 Å². The molecule has 0 radical (unpaired) electrons. The van der Waals surface area contributed by atoms with E-state index in [0.29, 0.717) is 5.96 Å². The van der Waals surface area contributed by atoms with Gasteiger partial charge in [-0.15, -0.1) is 0 Å². The minimum Gasteiger partial charge on any atom is -0.370 e. The first-order valence-corrected chi connectivity index (χ1v) is 7.15. The third kappa shape index (κ3) is 4.85. The third-order valence-corrected chi connectivity index (χ3v) is 4.25. The predicted molar refractivity (Wildman–Crippen MR) is 71.5 cm³/mol. The summed E-state index contributed by atoms with van der Waals surface area (Å²) in [6, 6.07) is 0. The molecule has 1 rings (SSSR count). The molecule has 0 saturated carbocycles. The topological polar surface area (TPSA) is 63.3 Å². The van der Waals surface area contributed by atoms with Gasteiger partial charge in [0.25, 0.3) is 0 Å². The van der Waals surface area contributed by atoms with E-state index in [1.165, 1.54) is 11.5 Å². The van der Waals surface area contributed by atoms with E-state index in [-0.39, 0.29) is 0 Å². The first-order valence-electron chi connectivity index (χ1n) is 4.36. The lowest BCUT2D eigenvalue weighted by Gasteiger charge is -2.03. The van der Waals surface area contributed by atoms with Crippen LogP contribution >= 0.6 is 39.2 Å². The number of thioether (sulfide) groups is 1. The zero-order valence-corrected chi connectivity index (χ0v) is 11.6. The molecule has 0 aromatic carbocycles. The summed E-state index contributed by atoms with van der Waals surface area (Å²) in [5.74, 6) is 2.40. The highest BCUT2D eigenvalue weighted by Gasteiger charge is 2.02. The molecule has 4 nitrogen and oxygen atoms in total. The van der Waals surface area contributed by atoms with Gasteiger partial charge in [0.15, 0.2) is 5.96 Å². The molecule has 1 heterocycles. The Morgan fingerprint density at radius 2 is 2.60 bits per heavy atom. The predicted octanol–water partition coefficient (Wildman–Crippen LogP) is 1.67. The van der Waals surface area contributed by atoms with Crippen molar-refractivity contribution in [2.24, 2.45) is 10.7 Å². The lowest BCUT2D eigenvalue weighted by Crippen LogP contribution is -2.32. The largest absolute Gasteiger partial charge is 0.370 e. The fourth-order valence-corrected chi connectivity index (χ4v) is 3.08. The van der Waals surface area contributed by atoms with E-state index in [4.69, 9.17) is 5.73 Å². The number of nitrogens with two attached hydrogens (primary N) is 1. The summed E-state index contributed by atoms with van der Waals surface area (Å²) >= 11 is 6.74. The highest BCUT2D eigenvalue weighted by molar-refractivity contribution is 9.10. The molecule has 0 spiro atoms. The van der Waals surface area contributed by atoms with Crippen LogP contribution in [0.5, 0.6) is 0 Å². The third-order valence-electron chi connectivity index (χ3n) is 1.63. The van der Waals surface area contributed by atoms with Crippen molar-refractivity contribution >= 4 is 45.2 Å². The maximum absolute atomic E-state index is 5.49. The van der Waals surface area contributed by atoms with Crippen molar-refractivity contribution in [2.45, 2.75) is 5.75 Å². The van der Waals surface area contributed by atoms with Gasteiger partial charge in [0.1, 0.15) is 0 Å². The van der Waals surface area contributed by atoms with Gasteiger partial charge < -0.3 is 11.1 Å². The lowest BCUT2D eigenvalue weighted by molar-refractivity contribution is 0.958. The Labute approximate surface area is 106 Å². The van der Waals surface area contributed by atoms with Gasteiger partial charge in [-0.05, 0) is 27.5 Å². The quantitative estimate of drug-likeness (QED) is 0.493. The smallest absolute Gasteiger partial charge is 0.188 e. The normalized spacial score (nSPS) is 11.7. The number of guanidine groups is 1. The molecule has 0 aliphatic carbocycles. The van der Waals surface area contributed by atoms with Gasteiger partial charge in [-0.1, -0.05) is 0 Å². The summed E-state index contributed by atoms with van der Waals surface area (Å²) in [5.41, 5.74) is 6.60. The molecule has 1 aromatic rings. The van der Waals surface area contributed by atoms with Crippen LogP contribution in [0.4, 0.5) is 0 Å². The molecule has 0 saturated heterocycles. The van der Waals surface area contributed by atoms with E-state index in [9.17, 15) is 0 Å². The highest BCUT2D eigenvalue weighted by atomic mass is 79.9. The van der Waals surface area contributed by atoms with Crippen molar-refractivity contribution in [3.63, 3.8) is 0 Å². The van der Waals surface area contributed by atoms with Gasteiger partial charge in [-0.25, -0.2) is 0 Å². The molecule has 0 fully saturated rings. The average molecular weight is 309 g/mol. The number of halogens is 1. The van der Waals surface area contributed by atoms with Crippen LogP contribution in [-0.4, -0.2) is 29.7 Å². The molecule has 0 atom stereocenters. The van der Waals surface area contributed by atoms with Crippen LogP contribution < -0.4 is 11.1 Å². The SMILES string of the molecule is CN=C(N)NCCSCc1nscc1Br. The van der Waals surface area contributed by atoms with Gasteiger partial charge in [0.2, 0.25) is 0 Å². The first kappa shape index (κ1) is 12.8. The Morgan fingerprint density at radius 3 is 3.20 bits per heavy atom. The summed E-state index contributed by atoms with van der Waals surface area (Å²) < 4.78 is 5.37. The van der Waals surface area contributed by atoms with E-state index in [0.717, 1.165) is 28.2 Å². The van der Waals surface area contributed by atoms with Crippen molar-refractivity contribution in [1.29, 1.82) is 0 Å². The molecule has 0 bridgehead atoms. The van der Waals surface area contributed by atoms with E-state index in [1.807, 2.05) is 17.1 Å². The second-order valence-electron chi connectivity index (χ2n) is 2.70.